The molecule has 8 N–H and O–H groups in total. The number of aliphatic hydroxyl groups excluding tert-OH is 3. The third-order valence-electron chi connectivity index (χ3n) is 6.46. The normalized spacial score (nSPS) is 23.7. The Morgan fingerprint density at radius 3 is 2.26 bits per heavy atom. The highest BCUT2D eigenvalue weighted by atomic mass is 16.7. The molecule has 226 valence electrons. The van der Waals surface area contributed by atoms with Crippen molar-refractivity contribution in [2.45, 2.75) is 56.1 Å². The zero-order chi connectivity index (χ0) is 30.9. The second-order valence-electron chi connectivity index (χ2n) is 10.0. The zero-order valence-corrected chi connectivity index (χ0v) is 21.9. The summed E-state index contributed by atoms with van der Waals surface area (Å²) < 4.78 is 21.6. The highest BCUT2D eigenvalue weighted by molar-refractivity contribution is 5.89. The number of carbonyl (C=O) groups excluding carboxylic acids is 1. The number of fused-ring (bicyclic) bond motifs is 1. The molecule has 1 aliphatic heterocycles. The first-order valence-corrected chi connectivity index (χ1v) is 12.4. The lowest BCUT2D eigenvalue weighted by molar-refractivity contribution is -0.278. The number of rotatable bonds is 9. The Bertz CT molecular complexity index is 1530. The molecule has 1 aromatic heterocycles. The van der Waals surface area contributed by atoms with Gasteiger partial charge in [-0.15, -0.1) is 0 Å². The molecule has 4 rings (SSSR count). The van der Waals surface area contributed by atoms with Crippen molar-refractivity contribution in [1.29, 1.82) is 0 Å². The number of aromatic hydroxyl groups is 3. The van der Waals surface area contributed by atoms with Crippen molar-refractivity contribution in [3.63, 3.8) is 0 Å². The van der Waals surface area contributed by atoms with Gasteiger partial charge >= 0.3 is 11.9 Å². The van der Waals surface area contributed by atoms with Crippen LogP contribution < -0.4 is 10.2 Å². The minimum Gasteiger partial charge on any atom is -0.508 e. The highest BCUT2D eigenvalue weighted by Gasteiger charge is 2.46. The average Bonchev–Trinajstić information content (AvgIpc) is 2.90. The van der Waals surface area contributed by atoms with Gasteiger partial charge in [0.05, 0.1) is 18.4 Å². The first kappa shape index (κ1) is 30.5. The summed E-state index contributed by atoms with van der Waals surface area (Å²) in [4.78, 5) is 35.7. The molecule has 42 heavy (non-hydrogen) atoms. The summed E-state index contributed by atoms with van der Waals surface area (Å²) in [5.74, 6) is -4.80. The number of ether oxygens (including phenoxy) is 3. The van der Waals surface area contributed by atoms with E-state index in [1.165, 1.54) is 24.3 Å². The standard InChI is InChI=1S/C27H28O15/c1-27(38,8-18(30)31)9-19(32)39-10-17-22(34)24(36)25(37)26(42-17)41-16-7-15-20(23(35)21(16)33)13(29)6-14(40-15)11-2-4-12(28)5-3-11/h2-7,17,22,24-26,28,33-38H,8-10H2,1H3,(H,30,31)/t17?,22-,24+,25?,26-,27?/m1/s1. The molecule has 1 saturated heterocycles. The van der Waals surface area contributed by atoms with Crippen LogP contribution >= 0.6 is 0 Å². The number of carboxylic acid groups (broad SMARTS) is 1. The average molecular weight is 593 g/mol. The molecule has 2 aromatic carbocycles. The van der Waals surface area contributed by atoms with Crippen LogP contribution in [0.4, 0.5) is 0 Å². The molecule has 0 amide bonds. The maximum absolute atomic E-state index is 12.7. The quantitative estimate of drug-likeness (QED) is 0.119. The summed E-state index contributed by atoms with van der Waals surface area (Å²) in [6.07, 6.45) is -10.4. The van der Waals surface area contributed by atoms with E-state index in [9.17, 15) is 50.1 Å². The van der Waals surface area contributed by atoms with Crippen LogP contribution in [0.1, 0.15) is 19.8 Å². The van der Waals surface area contributed by atoms with Gasteiger partial charge in [-0.2, -0.15) is 0 Å². The van der Waals surface area contributed by atoms with Crippen LogP contribution in [-0.2, 0) is 19.1 Å². The van der Waals surface area contributed by atoms with Crippen LogP contribution in [0.5, 0.6) is 23.0 Å². The zero-order valence-electron chi connectivity index (χ0n) is 21.9. The molecular formula is C27H28O15. The van der Waals surface area contributed by atoms with Crippen LogP contribution in [0.15, 0.2) is 45.6 Å². The Labute approximate surface area is 236 Å². The number of aliphatic hydroxyl groups is 4. The SMILES string of the molecule is CC(O)(CC(=O)O)CC(=O)OCC1O[C@@H](Oc2cc3oc(-c4ccc(O)cc4)cc(=O)c3c(O)c2O)C(O)[C@@H](O)[C@@H]1O. The number of phenolic OH excluding ortho intramolecular Hbond substituents is 3. The lowest BCUT2D eigenvalue weighted by atomic mass is 9.98. The Kier molecular flexibility index (Phi) is 8.60. The van der Waals surface area contributed by atoms with Gasteiger partial charge in [0.2, 0.25) is 12.0 Å². The predicted molar refractivity (Wildman–Crippen MR) is 139 cm³/mol. The Balaban J connectivity index is 1.56. The molecule has 3 aromatic rings. The number of carboxylic acids is 1. The van der Waals surface area contributed by atoms with E-state index in [4.69, 9.17) is 23.7 Å². The topological polar surface area (TPSA) is 254 Å². The number of hydrogen-bond acceptors (Lipinski definition) is 14. The van der Waals surface area contributed by atoms with Crippen molar-refractivity contribution in [2.24, 2.45) is 0 Å². The molecule has 1 aliphatic rings. The number of esters is 1. The van der Waals surface area contributed by atoms with E-state index in [1.807, 2.05) is 0 Å². The fraction of sp³-hybridized carbons (Fsp3) is 0.370. The third kappa shape index (κ3) is 6.56. The van der Waals surface area contributed by atoms with Crippen LogP contribution in [0, 0.1) is 0 Å². The van der Waals surface area contributed by atoms with Crippen LogP contribution in [0.2, 0.25) is 0 Å². The van der Waals surface area contributed by atoms with Crippen molar-refractivity contribution >= 4 is 22.9 Å². The van der Waals surface area contributed by atoms with Crippen LogP contribution in [0.3, 0.4) is 0 Å². The van der Waals surface area contributed by atoms with E-state index in [0.717, 1.165) is 19.1 Å². The van der Waals surface area contributed by atoms with Crippen LogP contribution in [-0.4, -0.2) is 95.7 Å². The first-order chi connectivity index (χ1) is 19.7. The molecule has 0 radical (unpaired) electrons. The number of aliphatic carboxylic acids is 1. The monoisotopic (exact) mass is 592 g/mol. The van der Waals surface area contributed by atoms with Crippen LogP contribution in [0.25, 0.3) is 22.3 Å². The fourth-order valence-corrected chi connectivity index (χ4v) is 4.33. The van der Waals surface area contributed by atoms with Gasteiger partial charge in [-0.1, -0.05) is 0 Å². The van der Waals surface area contributed by atoms with E-state index < -0.39 is 95.8 Å². The lowest BCUT2D eigenvalue weighted by Gasteiger charge is -2.40. The number of phenols is 3. The first-order valence-electron chi connectivity index (χ1n) is 12.4. The molecule has 1 fully saturated rings. The largest absolute Gasteiger partial charge is 0.508 e. The number of benzene rings is 2. The fourth-order valence-electron chi connectivity index (χ4n) is 4.33. The molecule has 6 atom stereocenters. The summed E-state index contributed by atoms with van der Waals surface area (Å²) in [6, 6.07) is 7.73. The van der Waals surface area contributed by atoms with Gasteiger partial charge in [0.25, 0.3) is 0 Å². The molecule has 0 spiro atoms. The molecule has 0 aliphatic carbocycles. The Morgan fingerprint density at radius 2 is 1.62 bits per heavy atom. The second kappa shape index (κ2) is 11.8. The Morgan fingerprint density at radius 1 is 0.952 bits per heavy atom. The number of hydrogen-bond donors (Lipinski definition) is 8. The molecule has 3 unspecified atom stereocenters. The van der Waals surface area contributed by atoms with Gasteiger partial charge in [0, 0.05) is 17.7 Å². The lowest BCUT2D eigenvalue weighted by Crippen LogP contribution is -2.60. The Hall–Kier alpha value is -4.41. The molecule has 0 saturated carbocycles. The smallest absolute Gasteiger partial charge is 0.308 e. The molecule has 0 bridgehead atoms. The van der Waals surface area contributed by atoms with Gasteiger partial charge in [-0.05, 0) is 31.2 Å². The summed E-state index contributed by atoms with van der Waals surface area (Å²) in [5.41, 5.74) is -2.51. The molecule has 15 heteroatoms. The van der Waals surface area contributed by atoms with Crippen molar-refractivity contribution in [3.05, 3.63) is 46.6 Å². The van der Waals surface area contributed by atoms with E-state index >= 15 is 0 Å². The maximum atomic E-state index is 12.7. The second-order valence-corrected chi connectivity index (χ2v) is 10.0. The van der Waals surface area contributed by atoms with E-state index in [-0.39, 0.29) is 17.1 Å². The van der Waals surface area contributed by atoms with Crippen molar-refractivity contribution in [2.75, 3.05) is 6.61 Å². The summed E-state index contributed by atoms with van der Waals surface area (Å²) >= 11 is 0. The van der Waals surface area contributed by atoms with E-state index in [0.29, 0.717) is 5.56 Å². The predicted octanol–water partition coefficient (Wildman–Crippen LogP) is -0.0778. The molecule has 2 heterocycles. The maximum Gasteiger partial charge on any atom is 0.308 e. The minimum absolute atomic E-state index is 0.0309. The summed E-state index contributed by atoms with van der Waals surface area (Å²) in [7, 11) is 0. The van der Waals surface area contributed by atoms with Gasteiger partial charge in [-0.25, -0.2) is 0 Å². The molecular weight excluding hydrogens is 564 g/mol. The summed E-state index contributed by atoms with van der Waals surface area (Å²) in [5, 5.41) is 80.1. The van der Waals surface area contributed by atoms with Gasteiger partial charge in [0.1, 0.15) is 53.5 Å². The van der Waals surface area contributed by atoms with Crippen molar-refractivity contribution in [3.8, 4) is 34.3 Å². The molecule has 15 nitrogen and oxygen atoms in total. The van der Waals surface area contributed by atoms with Gasteiger partial charge in [-0.3, -0.25) is 14.4 Å². The van der Waals surface area contributed by atoms with Gasteiger partial charge < -0.3 is 59.5 Å². The highest BCUT2D eigenvalue weighted by Crippen LogP contribution is 2.42. The summed E-state index contributed by atoms with van der Waals surface area (Å²) in [6.45, 7) is 0.395. The van der Waals surface area contributed by atoms with E-state index in [2.05, 4.69) is 0 Å². The van der Waals surface area contributed by atoms with Gasteiger partial charge in [0.15, 0.2) is 16.9 Å². The number of carbonyl (C=O) groups is 2. The minimum atomic E-state index is -1.93. The van der Waals surface area contributed by atoms with Crippen molar-refractivity contribution < 1.29 is 69.1 Å². The van der Waals surface area contributed by atoms with E-state index in [1.54, 1.807) is 0 Å². The third-order valence-corrected chi connectivity index (χ3v) is 6.46. The van der Waals surface area contributed by atoms with Crippen molar-refractivity contribution in [1.82, 2.24) is 0 Å².